The number of carbonyl (C=O) groups excluding carboxylic acids is 1. The highest BCUT2D eigenvalue weighted by atomic mass is 127. The molecule has 1 aromatic rings. The maximum absolute atomic E-state index is 12.9. The van der Waals surface area contributed by atoms with Gasteiger partial charge >= 0.3 is 18.3 Å². The van der Waals surface area contributed by atoms with Gasteiger partial charge in [0.05, 0.1) is 24.7 Å². The third-order valence-electron chi connectivity index (χ3n) is 2.37. The SMILES string of the molecule is COC(=O)Cc1ccc(I)c(C(F)(F)F)c1C(F)(F)F. The normalized spacial score (nSPS) is 12.4. The molecular formula is C11H7F6IO2. The van der Waals surface area contributed by atoms with Crippen LogP contribution in [0.3, 0.4) is 0 Å². The second kappa shape index (κ2) is 5.78. The number of hydrogen-bond donors (Lipinski definition) is 0. The van der Waals surface area contributed by atoms with Crippen LogP contribution in [0, 0.1) is 3.57 Å². The Bertz CT molecular complexity index is 521. The smallest absolute Gasteiger partial charge is 0.418 e. The fourth-order valence-corrected chi connectivity index (χ4v) is 2.35. The molecule has 9 heteroatoms. The van der Waals surface area contributed by atoms with Crippen LogP contribution in [-0.4, -0.2) is 13.1 Å². The maximum Gasteiger partial charge on any atom is 0.418 e. The summed E-state index contributed by atoms with van der Waals surface area (Å²) in [5.74, 6) is -1.05. The van der Waals surface area contributed by atoms with Gasteiger partial charge < -0.3 is 4.74 Å². The molecule has 0 spiro atoms. The van der Waals surface area contributed by atoms with Crippen molar-refractivity contribution in [3.8, 4) is 0 Å². The van der Waals surface area contributed by atoms with E-state index < -0.39 is 45.0 Å². The topological polar surface area (TPSA) is 26.3 Å². The predicted molar refractivity (Wildman–Crippen MR) is 64.9 cm³/mol. The number of benzene rings is 1. The highest BCUT2D eigenvalue weighted by Gasteiger charge is 2.46. The molecule has 0 aromatic heterocycles. The monoisotopic (exact) mass is 412 g/mol. The van der Waals surface area contributed by atoms with Crippen molar-refractivity contribution >= 4 is 28.6 Å². The quantitative estimate of drug-likeness (QED) is 0.417. The van der Waals surface area contributed by atoms with Crippen LogP contribution in [0.25, 0.3) is 0 Å². The van der Waals surface area contributed by atoms with E-state index in [1.807, 2.05) is 0 Å². The lowest BCUT2D eigenvalue weighted by molar-refractivity contribution is -0.163. The van der Waals surface area contributed by atoms with Crippen molar-refractivity contribution in [2.24, 2.45) is 0 Å². The van der Waals surface area contributed by atoms with E-state index in [1.165, 1.54) is 22.6 Å². The highest BCUT2D eigenvalue weighted by molar-refractivity contribution is 14.1. The minimum absolute atomic E-state index is 0.587. The lowest BCUT2D eigenvalue weighted by atomic mass is 9.98. The van der Waals surface area contributed by atoms with Gasteiger partial charge in [-0.3, -0.25) is 4.79 Å². The van der Waals surface area contributed by atoms with Gasteiger partial charge in [-0.05, 0) is 34.2 Å². The van der Waals surface area contributed by atoms with Gasteiger partial charge in [0.2, 0.25) is 0 Å². The minimum Gasteiger partial charge on any atom is -0.469 e. The van der Waals surface area contributed by atoms with Gasteiger partial charge in [-0.1, -0.05) is 6.07 Å². The molecule has 0 heterocycles. The van der Waals surface area contributed by atoms with Crippen molar-refractivity contribution in [2.75, 3.05) is 7.11 Å². The summed E-state index contributed by atoms with van der Waals surface area (Å²) in [6.07, 6.45) is -11.3. The Hall–Kier alpha value is -1.00. The second-order valence-electron chi connectivity index (χ2n) is 3.70. The molecular weight excluding hydrogens is 405 g/mol. The zero-order valence-electron chi connectivity index (χ0n) is 9.82. The molecule has 2 nitrogen and oxygen atoms in total. The van der Waals surface area contributed by atoms with Gasteiger partial charge in [-0.2, -0.15) is 26.3 Å². The first-order valence-corrected chi connectivity index (χ1v) is 6.09. The van der Waals surface area contributed by atoms with E-state index in [4.69, 9.17) is 0 Å². The summed E-state index contributed by atoms with van der Waals surface area (Å²) >= 11 is 1.17. The molecule has 0 atom stereocenters. The van der Waals surface area contributed by atoms with Crippen molar-refractivity contribution in [3.63, 3.8) is 0 Å². The third kappa shape index (κ3) is 3.76. The highest BCUT2D eigenvalue weighted by Crippen LogP contribution is 2.44. The number of hydrogen-bond acceptors (Lipinski definition) is 2. The molecule has 0 aliphatic carbocycles. The summed E-state index contributed by atoms with van der Waals surface area (Å²) in [7, 11) is 0.937. The number of rotatable bonds is 2. The average molecular weight is 412 g/mol. The zero-order valence-corrected chi connectivity index (χ0v) is 12.0. The summed E-state index contributed by atoms with van der Waals surface area (Å²) in [5.41, 5.74) is -4.40. The number of halogens is 7. The average Bonchev–Trinajstić information content (AvgIpc) is 2.27. The van der Waals surface area contributed by atoms with Gasteiger partial charge in [0.25, 0.3) is 0 Å². The molecule has 0 saturated heterocycles. The molecule has 0 N–H and O–H groups in total. The largest absolute Gasteiger partial charge is 0.469 e. The molecule has 0 amide bonds. The molecule has 0 fully saturated rings. The standard InChI is InChI=1S/C11H7F6IO2/c1-20-7(19)4-5-2-3-6(18)9(11(15,16)17)8(5)10(12,13)14/h2-3H,4H2,1H3. The first-order valence-electron chi connectivity index (χ1n) is 5.01. The molecule has 0 saturated carbocycles. The van der Waals surface area contributed by atoms with Crippen LogP contribution < -0.4 is 0 Å². The number of ether oxygens (including phenoxy) is 1. The van der Waals surface area contributed by atoms with Crippen LogP contribution in [-0.2, 0) is 28.3 Å². The van der Waals surface area contributed by atoms with Crippen molar-refractivity contribution in [2.45, 2.75) is 18.8 Å². The van der Waals surface area contributed by atoms with Gasteiger partial charge in [0, 0.05) is 3.57 Å². The summed E-state index contributed by atoms with van der Waals surface area (Å²) < 4.78 is 80.8. The molecule has 1 aromatic carbocycles. The summed E-state index contributed by atoms with van der Waals surface area (Å²) in [4.78, 5) is 11.0. The summed E-state index contributed by atoms with van der Waals surface area (Å²) in [5, 5.41) is 0. The van der Waals surface area contributed by atoms with Crippen LogP contribution in [0.1, 0.15) is 16.7 Å². The Kier molecular flexibility index (Phi) is 4.93. The van der Waals surface area contributed by atoms with Crippen molar-refractivity contribution in [3.05, 3.63) is 32.4 Å². The Morgan fingerprint density at radius 3 is 2.00 bits per heavy atom. The second-order valence-corrected chi connectivity index (χ2v) is 4.87. The Labute approximate surface area is 123 Å². The summed E-state index contributed by atoms with van der Waals surface area (Å²) in [6.45, 7) is 0. The van der Waals surface area contributed by atoms with E-state index in [0.29, 0.717) is 0 Å². The van der Waals surface area contributed by atoms with Gasteiger partial charge in [-0.15, -0.1) is 0 Å². The molecule has 0 bridgehead atoms. The number of carbonyl (C=O) groups is 1. The van der Waals surface area contributed by atoms with Gasteiger partial charge in [0.1, 0.15) is 0 Å². The van der Waals surface area contributed by atoms with E-state index in [2.05, 4.69) is 4.74 Å². The Morgan fingerprint density at radius 1 is 1.10 bits per heavy atom. The molecule has 0 aliphatic heterocycles. The third-order valence-corrected chi connectivity index (χ3v) is 3.27. The molecule has 0 unspecified atom stereocenters. The molecule has 0 aliphatic rings. The number of alkyl halides is 6. The van der Waals surface area contributed by atoms with Crippen LogP contribution in [0.5, 0.6) is 0 Å². The fourth-order valence-electron chi connectivity index (χ4n) is 1.60. The van der Waals surface area contributed by atoms with Crippen LogP contribution in [0.2, 0.25) is 0 Å². The van der Waals surface area contributed by atoms with Crippen molar-refractivity contribution in [1.29, 1.82) is 0 Å². The Morgan fingerprint density at radius 2 is 1.60 bits per heavy atom. The van der Waals surface area contributed by atoms with E-state index in [1.54, 1.807) is 0 Å². The lowest BCUT2D eigenvalue weighted by Gasteiger charge is -2.20. The molecule has 1 rings (SSSR count). The van der Waals surface area contributed by atoms with E-state index in [9.17, 15) is 31.1 Å². The van der Waals surface area contributed by atoms with Gasteiger partial charge in [0.15, 0.2) is 0 Å². The summed E-state index contributed by atoms with van der Waals surface area (Å²) in [6, 6.07) is 1.73. The van der Waals surface area contributed by atoms with Crippen LogP contribution >= 0.6 is 22.6 Å². The first kappa shape index (κ1) is 17.1. The van der Waals surface area contributed by atoms with Crippen molar-refractivity contribution < 1.29 is 35.9 Å². The predicted octanol–water partition coefficient (Wildman–Crippen LogP) is 4.04. The fraction of sp³-hybridized carbons (Fsp3) is 0.364. The molecule has 112 valence electrons. The first-order chi connectivity index (χ1) is 8.98. The van der Waals surface area contributed by atoms with E-state index >= 15 is 0 Å². The van der Waals surface area contributed by atoms with Crippen molar-refractivity contribution in [1.82, 2.24) is 0 Å². The van der Waals surface area contributed by atoms with E-state index in [-0.39, 0.29) is 0 Å². The van der Waals surface area contributed by atoms with E-state index in [0.717, 1.165) is 19.2 Å². The van der Waals surface area contributed by atoms with Crippen LogP contribution in [0.4, 0.5) is 26.3 Å². The molecule has 0 radical (unpaired) electrons. The van der Waals surface area contributed by atoms with Gasteiger partial charge in [-0.25, -0.2) is 0 Å². The lowest BCUT2D eigenvalue weighted by Crippen LogP contribution is -2.22. The number of methoxy groups -OCH3 is 1. The minimum atomic E-state index is -5.23. The maximum atomic E-state index is 12.9. The number of esters is 1. The zero-order chi connectivity index (χ0) is 15.7. The molecule has 20 heavy (non-hydrogen) atoms. The van der Waals surface area contributed by atoms with Crippen LogP contribution in [0.15, 0.2) is 12.1 Å². The Balaban J connectivity index is 3.59.